The van der Waals surface area contributed by atoms with Crippen LogP contribution in [0.1, 0.15) is 71.6 Å². The van der Waals surface area contributed by atoms with Gasteiger partial charge in [-0.3, -0.25) is 9.59 Å². The van der Waals surface area contributed by atoms with E-state index >= 15 is 0 Å². The van der Waals surface area contributed by atoms with E-state index in [1.54, 1.807) is 4.90 Å². The van der Waals surface area contributed by atoms with Crippen molar-refractivity contribution in [1.29, 1.82) is 0 Å². The molecule has 2 atom stereocenters. The molecule has 4 saturated carbocycles. The van der Waals surface area contributed by atoms with Gasteiger partial charge in [-0.2, -0.15) is 0 Å². The monoisotopic (exact) mass is 332 g/mol. The van der Waals surface area contributed by atoms with Crippen LogP contribution in [0, 0.1) is 23.2 Å². The quantitative estimate of drug-likeness (QED) is 0.790. The third kappa shape index (κ3) is 2.76. The Morgan fingerprint density at radius 2 is 1.62 bits per heavy atom. The van der Waals surface area contributed by atoms with E-state index in [9.17, 15) is 9.59 Å². The molecule has 0 radical (unpaired) electrons. The van der Waals surface area contributed by atoms with Gasteiger partial charge in [0, 0.05) is 18.6 Å². The number of piperidine rings is 1. The minimum absolute atomic E-state index is 0.127. The van der Waals surface area contributed by atoms with Crippen molar-refractivity contribution in [3.63, 3.8) is 0 Å². The lowest BCUT2D eigenvalue weighted by Gasteiger charge is -2.59. The summed E-state index contributed by atoms with van der Waals surface area (Å²) in [5.41, 5.74) is 0.262. The molecule has 0 aromatic heterocycles. The van der Waals surface area contributed by atoms with Gasteiger partial charge in [0.25, 0.3) is 0 Å². The molecule has 2 amide bonds. The molecule has 5 rings (SSSR count). The zero-order valence-electron chi connectivity index (χ0n) is 15.2. The number of carbonyl (C=O) groups excluding carboxylic acids is 2. The van der Waals surface area contributed by atoms with Gasteiger partial charge in [0.05, 0.1) is 0 Å². The Morgan fingerprint density at radius 3 is 2.17 bits per heavy atom. The smallest absolute Gasteiger partial charge is 0.312 e. The van der Waals surface area contributed by atoms with Crippen LogP contribution >= 0.6 is 0 Å². The first-order chi connectivity index (χ1) is 11.5. The number of carbonyl (C=O) groups is 2. The number of hydrogen-bond donors (Lipinski definition) is 1. The summed E-state index contributed by atoms with van der Waals surface area (Å²) in [7, 11) is 0. The number of likely N-dealkylation sites (tertiary alicyclic amines) is 1. The van der Waals surface area contributed by atoms with Crippen molar-refractivity contribution >= 4 is 11.8 Å². The van der Waals surface area contributed by atoms with E-state index in [2.05, 4.69) is 19.2 Å². The molecule has 24 heavy (non-hydrogen) atoms. The van der Waals surface area contributed by atoms with E-state index in [-0.39, 0.29) is 29.3 Å². The highest BCUT2D eigenvalue weighted by Crippen LogP contribution is 2.61. The van der Waals surface area contributed by atoms with Crippen LogP contribution in [0.3, 0.4) is 0 Å². The number of hydrogen-bond acceptors (Lipinski definition) is 2. The SMILES string of the molecule is CC1CCCCN1C(=O)C(=O)NC(C)C12CC3CC(CC(C3)C1)C2. The first kappa shape index (κ1) is 16.4. The van der Waals surface area contributed by atoms with E-state index in [0.717, 1.165) is 43.6 Å². The summed E-state index contributed by atoms with van der Waals surface area (Å²) < 4.78 is 0. The van der Waals surface area contributed by atoms with Crippen LogP contribution in [0.4, 0.5) is 0 Å². The predicted octanol–water partition coefficient (Wildman–Crippen LogP) is 3.11. The molecule has 0 aromatic carbocycles. The molecule has 1 N–H and O–H groups in total. The molecule has 4 aliphatic carbocycles. The standard InChI is InChI=1S/C20H32N2O2/c1-13-5-3-4-6-22(13)19(24)18(23)21-14(2)20-10-15-7-16(11-20)9-17(8-15)12-20/h13-17H,3-12H2,1-2H3,(H,21,23). The van der Waals surface area contributed by atoms with Crippen LogP contribution in [0.25, 0.3) is 0 Å². The zero-order valence-corrected chi connectivity index (χ0v) is 15.2. The van der Waals surface area contributed by atoms with E-state index in [0.29, 0.717) is 0 Å². The average Bonchev–Trinajstić information content (AvgIpc) is 2.53. The van der Waals surface area contributed by atoms with Crippen molar-refractivity contribution in [2.45, 2.75) is 83.7 Å². The summed E-state index contributed by atoms with van der Waals surface area (Å²) >= 11 is 0. The maximum atomic E-state index is 12.6. The molecular weight excluding hydrogens is 300 g/mol. The summed E-state index contributed by atoms with van der Waals surface area (Å²) in [6.07, 6.45) is 11.2. The van der Waals surface area contributed by atoms with Gasteiger partial charge >= 0.3 is 11.8 Å². The molecule has 4 heteroatoms. The van der Waals surface area contributed by atoms with Crippen LogP contribution in [-0.4, -0.2) is 35.3 Å². The van der Waals surface area contributed by atoms with E-state index < -0.39 is 0 Å². The second kappa shape index (κ2) is 6.03. The molecule has 134 valence electrons. The van der Waals surface area contributed by atoms with Crippen molar-refractivity contribution < 1.29 is 9.59 Å². The van der Waals surface area contributed by atoms with Crippen LogP contribution in [-0.2, 0) is 9.59 Å². The van der Waals surface area contributed by atoms with Crippen LogP contribution in [0.5, 0.6) is 0 Å². The molecule has 0 aromatic rings. The second-order valence-electron chi connectivity index (χ2n) is 9.32. The lowest BCUT2D eigenvalue weighted by atomic mass is 9.48. The summed E-state index contributed by atoms with van der Waals surface area (Å²) in [4.78, 5) is 27.0. The van der Waals surface area contributed by atoms with Crippen LogP contribution in [0.15, 0.2) is 0 Å². The Labute approximate surface area is 145 Å². The largest absolute Gasteiger partial charge is 0.345 e. The van der Waals surface area contributed by atoms with Crippen molar-refractivity contribution in [1.82, 2.24) is 10.2 Å². The van der Waals surface area contributed by atoms with Gasteiger partial charge < -0.3 is 10.2 Å². The van der Waals surface area contributed by atoms with Crippen molar-refractivity contribution in [3.05, 3.63) is 0 Å². The van der Waals surface area contributed by atoms with E-state index in [1.807, 2.05) is 0 Å². The number of nitrogens with zero attached hydrogens (tertiary/aromatic N) is 1. The van der Waals surface area contributed by atoms with Gasteiger partial charge in [-0.1, -0.05) is 0 Å². The van der Waals surface area contributed by atoms with Crippen LogP contribution < -0.4 is 5.32 Å². The van der Waals surface area contributed by atoms with Gasteiger partial charge in [-0.15, -0.1) is 0 Å². The summed E-state index contributed by atoms with van der Waals surface area (Å²) in [6, 6.07) is 0.328. The van der Waals surface area contributed by atoms with Gasteiger partial charge in [0.1, 0.15) is 0 Å². The maximum absolute atomic E-state index is 12.6. The minimum atomic E-state index is -0.369. The molecule has 5 aliphatic rings. The highest BCUT2D eigenvalue weighted by atomic mass is 16.2. The van der Waals surface area contributed by atoms with Gasteiger partial charge in [-0.25, -0.2) is 0 Å². The molecule has 1 aliphatic heterocycles. The molecule has 5 fully saturated rings. The van der Waals surface area contributed by atoms with E-state index in [1.165, 1.54) is 38.5 Å². The topological polar surface area (TPSA) is 49.4 Å². The first-order valence-corrected chi connectivity index (χ1v) is 10.1. The Morgan fingerprint density at radius 1 is 1.04 bits per heavy atom. The molecule has 4 nitrogen and oxygen atoms in total. The number of nitrogens with one attached hydrogen (secondary N) is 1. The Balaban J connectivity index is 1.41. The van der Waals surface area contributed by atoms with Crippen LogP contribution in [0.2, 0.25) is 0 Å². The number of rotatable bonds is 2. The third-order valence-electron chi connectivity index (χ3n) is 7.61. The first-order valence-electron chi connectivity index (χ1n) is 10.1. The zero-order chi connectivity index (χ0) is 16.9. The highest BCUT2D eigenvalue weighted by Gasteiger charge is 2.53. The number of amides is 2. The molecular formula is C20H32N2O2. The fraction of sp³-hybridized carbons (Fsp3) is 0.900. The predicted molar refractivity (Wildman–Crippen MR) is 93.2 cm³/mol. The maximum Gasteiger partial charge on any atom is 0.312 e. The van der Waals surface area contributed by atoms with Gasteiger partial charge in [-0.05, 0) is 94.8 Å². The fourth-order valence-corrected chi connectivity index (χ4v) is 6.65. The molecule has 1 heterocycles. The summed E-state index contributed by atoms with van der Waals surface area (Å²) in [5.74, 6) is 1.93. The third-order valence-corrected chi connectivity index (χ3v) is 7.61. The molecule has 4 bridgehead atoms. The van der Waals surface area contributed by atoms with Gasteiger partial charge in [0.15, 0.2) is 0 Å². The normalized spacial score (nSPS) is 42.0. The lowest BCUT2D eigenvalue weighted by Crippen LogP contribution is -2.58. The lowest BCUT2D eigenvalue weighted by molar-refractivity contribution is -0.149. The Hall–Kier alpha value is -1.06. The molecule has 2 unspecified atom stereocenters. The van der Waals surface area contributed by atoms with E-state index in [4.69, 9.17) is 0 Å². The summed E-state index contributed by atoms with van der Waals surface area (Å²) in [5, 5.41) is 3.12. The fourth-order valence-electron chi connectivity index (χ4n) is 6.65. The van der Waals surface area contributed by atoms with Crippen molar-refractivity contribution in [2.24, 2.45) is 23.2 Å². The van der Waals surface area contributed by atoms with Crippen molar-refractivity contribution in [2.75, 3.05) is 6.54 Å². The Bertz CT molecular complexity index is 494. The average molecular weight is 332 g/mol. The molecule has 0 spiro atoms. The van der Waals surface area contributed by atoms with Crippen molar-refractivity contribution in [3.8, 4) is 0 Å². The summed E-state index contributed by atoms with van der Waals surface area (Å²) in [6.45, 7) is 4.95. The Kier molecular flexibility index (Phi) is 4.12. The second-order valence-corrected chi connectivity index (χ2v) is 9.32. The molecule has 1 saturated heterocycles. The van der Waals surface area contributed by atoms with Gasteiger partial charge in [0.2, 0.25) is 0 Å². The highest BCUT2D eigenvalue weighted by molar-refractivity contribution is 6.35. The minimum Gasteiger partial charge on any atom is -0.345 e.